The van der Waals surface area contributed by atoms with Crippen LogP contribution < -0.4 is 20.3 Å². The third-order valence-corrected chi connectivity index (χ3v) is 5.96. The Labute approximate surface area is 186 Å². The van der Waals surface area contributed by atoms with Crippen LogP contribution in [0.1, 0.15) is 21.5 Å². The van der Waals surface area contributed by atoms with Gasteiger partial charge in [-0.15, -0.1) is 0 Å². The van der Waals surface area contributed by atoms with Gasteiger partial charge in [-0.25, -0.2) is 8.42 Å². The summed E-state index contributed by atoms with van der Waals surface area (Å²) in [7, 11) is -2.64. The fourth-order valence-electron chi connectivity index (χ4n) is 2.82. The second-order valence-corrected chi connectivity index (χ2v) is 8.58. The average molecular weight is 481 g/mol. The number of rotatable bonds is 6. The number of alkyl halides is 3. The molecule has 0 atom stereocenters. The number of hydrogen-bond acceptors (Lipinski definition) is 5. The molecule has 0 saturated heterocycles. The molecule has 8 nitrogen and oxygen atoms in total. The molecule has 3 rings (SSSR count). The molecule has 0 fully saturated rings. The molecule has 1 heterocycles. The molecule has 1 amide bonds. The highest BCUT2D eigenvalue weighted by Crippen LogP contribution is 2.29. The summed E-state index contributed by atoms with van der Waals surface area (Å²) in [5.41, 5.74) is -2.27. The molecule has 12 heteroatoms. The zero-order valence-corrected chi connectivity index (χ0v) is 18.1. The molecule has 33 heavy (non-hydrogen) atoms. The van der Waals surface area contributed by atoms with Crippen molar-refractivity contribution in [2.45, 2.75) is 18.0 Å². The number of aromatic nitrogens is 1. The molecule has 0 aliphatic rings. The number of methoxy groups -OCH3 is 1. The van der Waals surface area contributed by atoms with Crippen molar-refractivity contribution in [3.05, 3.63) is 81.8 Å². The van der Waals surface area contributed by atoms with Crippen molar-refractivity contribution in [1.29, 1.82) is 0 Å². The quantitative estimate of drug-likeness (QED) is 0.496. The largest absolute Gasteiger partial charge is 0.497 e. The second kappa shape index (κ2) is 8.98. The average Bonchev–Trinajstić information content (AvgIpc) is 2.74. The van der Waals surface area contributed by atoms with E-state index in [1.165, 1.54) is 38.3 Å². The summed E-state index contributed by atoms with van der Waals surface area (Å²) in [6.45, 7) is 1.51. The number of aromatic amines is 1. The maximum absolute atomic E-state index is 12.9. The van der Waals surface area contributed by atoms with E-state index in [1.807, 2.05) is 4.98 Å². The topological polar surface area (TPSA) is 117 Å². The molecule has 0 bridgehead atoms. The van der Waals surface area contributed by atoms with Crippen molar-refractivity contribution < 1.29 is 31.1 Å². The number of hydrogen-bond donors (Lipinski definition) is 3. The van der Waals surface area contributed by atoms with Crippen molar-refractivity contribution >= 4 is 27.3 Å². The molecule has 0 aliphatic heterocycles. The zero-order valence-electron chi connectivity index (χ0n) is 17.3. The molecule has 0 aliphatic carbocycles. The summed E-state index contributed by atoms with van der Waals surface area (Å²) in [6, 6.07) is 10.3. The van der Waals surface area contributed by atoms with E-state index in [1.54, 1.807) is 12.1 Å². The molecular weight excluding hydrogens is 463 g/mol. The number of ether oxygens (including phenoxy) is 1. The van der Waals surface area contributed by atoms with Crippen LogP contribution in [-0.2, 0) is 16.2 Å². The van der Waals surface area contributed by atoms with Gasteiger partial charge in [0, 0.05) is 17.4 Å². The summed E-state index contributed by atoms with van der Waals surface area (Å²) in [6.07, 6.45) is -4.25. The lowest BCUT2D eigenvalue weighted by atomic mass is 10.1. The standard InChI is InChI=1S/C21H18F3N3O5S/c1-12-3-8-16(33(30,31)27-14-4-6-15(32-2)7-5-14)10-17(12)19(28)26-18-9-13(21(22,23)24)11-25-20(18)29/h3-11,27H,1-2H3,(H,25,29)(H,26,28). The number of carbonyl (C=O) groups excluding carboxylic acids is 1. The molecule has 0 spiro atoms. The Kier molecular flexibility index (Phi) is 6.49. The third kappa shape index (κ3) is 5.52. The number of H-pyrrole nitrogens is 1. The van der Waals surface area contributed by atoms with Gasteiger partial charge in [0.25, 0.3) is 21.5 Å². The van der Waals surface area contributed by atoms with Crippen LogP contribution in [0.15, 0.2) is 64.4 Å². The van der Waals surface area contributed by atoms with Crippen molar-refractivity contribution in [1.82, 2.24) is 4.98 Å². The van der Waals surface area contributed by atoms with E-state index >= 15 is 0 Å². The first-order chi connectivity index (χ1) is 15.4. The number of carbonyl (C=O) groups is 1. The Morgan fingerprint density at radius 1 is 1.06 bits per heavy atom. The van der Waals surface area contributed by atoms with Crippen molar-refractivity contribution in [2.24, 2.45) is 0 Å². The van der Waals surface area contributed by atoms with Crippen LogP contribution in [0.2, 0.25) is 0 Å². The Bertz CT molecular complexity index is 1350. The van der Waals surface area contributed by atoms with Crippen LogP contribution in [0.3, 0.4) is 0 Å². The molecule has 3 N–H and O–H groups in total. The van der Waals surface area contributed by atoms with Gasteiger partial charge in [0.2, 0.25) is 0 Å². The Hall–Kier alpha value is -3.80. The second-order valence-electron chi connectivity index (χ2n) is 6.89. The first-order valence-electron chi connectivity index (χ1n) is 9.29. The van der Waals surface area contributed by atoms with Crippen LogP contribution in [0, 0.1) is 6.92 Å². The van der Waals surface area contributed by atoms with Crippen molar-refractivity contribution in [3.8, 4) is 5.75 Å². The Morgan fingerprint density at radius 3 is 2.33 bits per heavy atom. The van der Waals surface area contributed by atoms with Crippen LogP contribution in [-0.4, -0.2) is 26.4 Å². The molecule has 0 saturated carbocycles. The predicted molar refractivity (Wildman–Crippen MR) is 115 cm³/mol. The van der Waals surface area contributed by atoms with Gasteiger partial charge in [-0.05, 0) is 55.0 Å². The SMILES string of the molecule is COc1ccc(NS(=O)(=O)c2ccc(C)c(C(=O)Nc3cc(C(F)(F)F)c[nH]c3=O)c2)cc1. The summed E-state index contributed by atoms with van der Waals surface area (Å²) in [4.78, 5) is 26.2. The Morgan fingerprint density at radius 2 is 1.73 bits per heavy atom. The van der Waals surface area contributed by atoms with Gasteiger partial charge in [0.15, 0.2) is 0 Å². The highest BCUT2D eigenvalue weighted by Gasteiger charge is 2.31. The monoisotopic (exact) mass is 481 g/mol. The lowest BCUT2D eigenvalue weighted by Crippen LogP contribution is -2.22. The van der Waals surface area contributed by atoms with Crippen LogP contribution >= 0.6 is 0 Å². The van der Waals surface area contributed by atoms with E-state index in [9.17, 15) is 31.2 Å². The first kappa shape index (κ1) is 23.9. The van der Waals surface area contributed by atoms with E-state index in [-0.39, 0.29) is 16.1 Å². The summed E-state index contributed by atoms with van der Waals surface area (Å²) >= 11 is 0. The number of sulfonamides is 1. The molecule has 1 aromatic heterocycles. The van der Waals surface area contributed by atoms with Crippen molar-refractivity contribution in [2.75, 3.05) is 17.1 Å². The number of aryl methyl sites for hydroxylation is 1. The molecule has 174 valence electrons. The number of pyridine rings is 1. The van der Waals surface area contributed by atoms with Crippen LogP contribution in [0.4, 0.5) is 24.5 Å². The fourth-order valence-corrected chi connectivity index (χ4v) is 3.90. The third-order valence-electron chi connectivity index (χ3n) is 4.58. The fraction of sp³-hybridized carbons (Fsp3) is 0.143. The number of anilines is 2. The zero-order chi connectivity index (χ0) is 24.4. The smallest absolute Gasteiger partial charge is 0.417 e. The maximum atomic E-state index is 12.9. The summed E-state index contributed by atoms with van der Waals surface area (Å²) < 4.78 is 71.6. The van der Waals surface area contributed by atoms with Gasteiger partial charge in [-0.2, -0.15) is 13.2 Å². The van der Waals surface area contributed by atoms with Crippen molar-refractivity contribution in [3.63, 3.8) is 0 Å². The van der Waals surface area contributed by atoms with E-state index in [2.05, 4.69) is 10.0 Å². The maximum Gasteiger partial charge on any atom is 0.417 e. The van der Waals surface area contributed by atoms with E-state index in [0.29, 0.717) is 23.6 Å². The number of amides is 1. The normalized spacial score (nSPS) is 11.7. The molecule has 2 aromatic carbocycles. The number of halogens is 3. The minimum absolute atomic E-state index is 0.135. The molecule has 0 unspecified atom stereocenters. The van der Waals surface area contributed by atoms with Crippen LogP contribution in [0.25, 0.3) is 0 Å². The number of nitrogens with one attached hydrogen (secondary N) is 3. The highest BCUT2D eigenvalue weighted by atomic mass is 32.2. The van der Waals surface area contributed by atoms with Crippen LogP contribution in [0.5, 0.6) is 5.75 Å². The van der Waals surface area contributed by atoms with Gasteiger partial charge in [-0.1, -0.05) is 6.07 Å². The van der Waals surface area contributed by atoms with E-state index < -0.39 is 38.9 Å². The van der Waals surface area contributed by atoms with Gasteiger partial charge in [-0.3, -0.25) is 14.3 Å². The van der Waals surface area contributed by atoms with Gasteiger partial charge < -0.3 is 15.0 Å². The first-order valence-corrected chi connectivity index (χ1v) is 10.8. The molecule has 0 radical (unpaired) electrons. The summed E-state index contributed by atoms with van der Waals surface area (Å²) in [5, 5.41) is 2.11. The molecular formula is C21H18F3N3O5S. The lowest BCUT2D eigenvalue weighted by molar-refractivity contribution is -0.137. The highest BCUT2D eigenvalue weighted by molar-refractivity contribution is 7.92. The van der Waals surface area contributed by atoms with Gasteiger partial charge in [0.1, 0.15) is 11.4 Å². The predicted octanol–water partition coefficient (Wildman–Crippen LogP) is 3.76. The number of benzene rings is 2. The lowest BCUT2D eigenvalue weighted by Gasteiger charge is -2.13. The minimum atomic E-state index is -4.74. The van der Waals surface area contributed by atoms with E-state index in [4.69, 9.17) is 4.74 Å². The Balaban J connectivity index is 1.89. The van der Waals surface area contributed by atoms with Gasteiger partial charge >= 0.3 is 6.18 Å². The van der Waals surface area contributed by atoms with E-state index in [0.717, 1.165) is 6.07 Å². The van der Waals surface area contributed by atoms with Gasteiger partial charge in [0.05, 0.1) is 17.6 Å². The minimum Gasteiger partial charge on any atom is -0.497 e. The summed E-state index contributed by atoms with van der Waals surface area (Å²) in [5.74, 6) is -0.421. The molecule has 3 aromatic rings.